The van der Waals surface area contributed by atoms with Gasteiger partial charge in [-0.2, -0.15) is 0 Å². The van der Waals surface area contributed by atoms with Crippen molar-refractivity contribution in [1.29, 1.82) is 0 Å². The lowest BCUT2D eigenvalue weighted by molar-refractivity contribution is 0.459. The molecule has 5 nitrogen and oxygen atoms in total. The second kappa shape index (κ2) is 5.62. The lowest BCUT2D eigenvalue weighted by Crippen LogP contribution is -2.18. The Morgan fingerprint density at radius 1 is 1.12 bits per heavy atom. The number of nitrogens with zero attached hydrogens (tertiary/aromatic N) is 3. The molecule has 0 N–H and O–H groups in total. The van der Waals surface area contributed by atoms with Gasteiger partial charge in [0.15, 0.2) is 5.58 Å². The van der Waals surface area contributed by atoms with Crippen LogP contribution in [0.5, 0.6) is 0 Å². The highest BCUT2D eigenvalue weighted by Crippen LogP contribution is 2.28. The lowest BCUT2D eigenvalue weighted by atomic mass is 10.1. The summed E-state index contributed by atoms with van der Waals surface area (Å²) in [6, 6.07) is 14.5. The van der Waals surface area contributed by atoms with Gasteiger partial charge >= 0.3 is 0 Å². The Hall–Kier alpha value is -2.92. The quantitative estimate of drug-likeness (QED) is 0.556. The molecule has 0 atom stereocenters. The van der Waals surface area contributed by atoms with Crippen LogP contribution in [0.1, 0.15) is 0 Å². The number of benzene rings is 1. The molecule has 0 saturated heterocycles. The molecular formula is C18H12ClN3O2. The molecule has 1 aromatic carbocycles. The zero-order chi connectivity index (χ0) is 16.7. The SMILES string of the molecule is Cn1c(-c2ccccn2)cc2onc(-c3ccc(Cl)cc3)c2c1=O. The van der Waals surface area contributed by atoms with E-state index in [1.54, 1.807) is 36.0 Å². The molecule has 0 radical (unpaired) electrons. The second-order valence-electron chi connectivity index (χ2n) is 5.39. The van der Waals surface area contributed by atoms with E-state index in [1.165, 1.54) is 0 Å². The van der Waals surface area contributed by atoms with Gasteiger partial charge in [0, 0.05) is 29.9 Å². The average Bonchev–Trinajstić information content (AvgIpc) is 3.03. The van der Waals surface area contributed by atoms with Gasteiger partial charge in [-0.25, -0.2) is 0 Å². The molecule has 3 heterocycles. The Bertz CT molecular complexity index is 1080. The van der Waals surface area contributed by atoms with Crippen LogP contribution in [0.3, 0.4) is 0 Å². The Kier molecular flexibility index (Phi) is 3.43. The molecule has 6 heteroatoms. The summed E-state index contributed by atoms with van der Waals surface area (Å²) in [5.74, 6) is 0. The van der Waals surface area contributed by atoms with E-state index in [1.807, 2.05) is 30.3 Å². The largest absolute Gasteiger partial charge is 0.355 e. The van der Waals surface area contributed by atoms with Gasteiger partial charge in [0.25, 0.3) is 5.56 Å². The van der Waals surface area contributed by atoms with E-state index >= 15 is 0 Å². The van der Waals surface area contributed by atoms with Crippen molar-refractivity contribution < 1.29 is 4.52 Å². The highest BCUT2D eigenvalue weighted by Gasteiger charge is 2.18. The summed E-state index contributed by atoms with van der Waals surface area (Å²) in [5, 5.41) is 5.15. The first kappa shape index (κ1) is 14.7. The normalized spacial score (nSPS) is 11.1. The van der Waals surface area contributed by atoms with Crippen molar-refractivity contribution in [3.63, 3.8) is 0 Å². The van der Waals surface area contributed by atoms with Crippen LogP contribution < -0.4 is 5.56 Å². The smallest absolute Gasteiger partial charge is 0.264 e. The maximum absolute atomic E-state index is 12.9. The number of pyridine rings is 2. The van der Waals surface area contributed by atoms with Crippen LogP contribution in [0.15, 0.2) is 64.0 Å². The maximum Gasteiger partial charge on any atom is 0.264 e. The number of halogens is 1. The minimum absolute atomic E-state index is 0.181. The van der Waals surface area contributed by atoms with Crippen molar-refractivity contribution in [1.82, 2.24) is 14.7 Å². The van der Waals surface area contributed by atoms with E-state index in [-0.39, 0.29) is 5.56 Å². The first-order valence-corrected chi connectivity index (χ1v) is 7.70. The second-order valence-corrected chi connectivity index (χ2v) is 5.82. The molecule has 0 fully saturated rings. The first-order chi connectivity index (χ1) is 11.6. The van der Waals surface area contributed by atoms with E-state index in [0.717, 1.165) is 5.56 Å². The number of fused-ring (bicyclic) bond motifs is 1. The minimum atomic E-state index is -0.181. The van der Waals surface area contributed by atoms with Gasteiger partial charge in [-0.1, -0.05) is 35.0 Å². The summed E-state index contributed by atoms with van der Waals surface area (Å²) in [6.45, 7) is 0. The third-order valence-corrected chi connectivity index (χ3v) is 4.16. The van der Waals surface area contributed by atoms with Crippen molar-refractivity contribution in [3.8, 4) is 22.6 Å². The molecule has 0 saturated carbocycles. The number of hydrogen-bond acceptors (Lipinski definition) is 4. The fraction of sp³-hybridized carbons (Fsp3) is 0.0556. The van der Waals surface area contributed by atoms with Gasteiger partial charge in [0.05, 0.1) is 11.4 Å². The predicted molar refractivity (Wildman–Crippen MR) is 92.9 cm³/mol. The molecule has 0 bridgehead atoms. The van der Waals surface area contributed by atoms with Crippen molar-refractivity contribution in [2.24, 2.45) is 7.05 Å². The molecule has 0 aliphatic heterocycles. The van der Waals surface area contributed by atoms with Crippen LogP contribution in [-0.2, 0) is 7.05 Å². The molecule has 0 amide bonds. The Morgan fingerprint density at radius 2 is 1.92 bits per heavy atom. The summed E-state index contributed by atoms with van der Waals surface area (Å²) < 4.78 is 6.96. The highest BCUT2D eigenvalue weighted by atomic mass is 35.5. The van der Waals surface area contributed by atoms with Crippen molar-refractivity contribution >= 4 is 22.6 Å². The third kappa shape index (κ3) is 2.30. The van der Waals surface area contributed by atoms with E-state index in [0.29, 0.717) is 33.1 Å². The van der Waals surface area contributed by atoms with Crippen molar-refractivity contribution in [3.05, 3.63) is 70.1 Å². The zero-order valence-electron chi connectivity index (χ0n) is 12.7. The molecule has 24 heavy (non-hydrogen) atoms. The summed E-state index contributed by atoms with van der Waals surface area (Å²) in [5.41, 5.74) is 2.91. The molecule has 118 valence electrons. The molecule has 4 rings (SSSR count). The van der Waals surface area contributed by atoms with Gasteiger partial charge in [0.2, 0.25) is 0 Å². The Labute approximate surface area is 142 Å². The van der Waals surface area contributed by atoms with Gasteiger partial charge in [-0.3, -0.25) is 9.78 Å². The summed E-state index contributed by atoms with van der Waals surface area (Å²) in [7, 11) is 1.71. The maximum atomic E-state index is 12.9. The Morgan fingerprint density at radius 3 is 2.62 bits per heavy atom. The highest BCUT2D eigenvalue weighted by molar-refractivity contribution is 6.30. The Balaban J connectivity index is 1.97. The van der Waals surface area contributed by atoms with Crippen LogP contribution in [-0.4, -0.2) is 14.7 Å². The summed E-state index contributed by atoms with van der Waals surface area (Å²) in [6.07, 6.45) is 1.68. The molecule has 0 spiro atoms. The number of hydrogen-bond donors (Lipinski definition) is 0. The van der Waals surface area contributed by atoms with E-state index in [9.17, 15) is 4.79 Å². The van der Waals surface area contributed by atoms with Crippen LogP contribution in [0.4, 0.5) is 0 Å². The molecule has 0 unspecified atom stereocenters. The standard InChI is InChI=1S/C18H12ClN3O2/c1-22-14(13-4-2-3-9-20-13)10-15-16(18(22)23)17(21-24-15)11-5-7-12(19)8-6-11/h2-10H,1H3. The van der Waals surface area contributed by atoms with E-state index < -0.39 is 0 Å². The van der Waals surface area contributed by atoms with Gasteiger partial charge in [0.1, 0.15) is 11.1 Å². The molecule has 0 aliphatic rings. The van der Waals surface area contributed by atoms with Crippen LogP contribution in [0, 0.1) is 0 Å². The summed E-state index contributed by atoms with van der Waals surface area (Å²) in [4.78, 5) is 17.1. The number of aromatic nitrogens is 3. The fourth-order valence-corrected chi connectivity index (χ4v) is 2.80. The fourth-order valence-electron chi connectivity index (χ4n) is 2.67. The van der Waals surface area contributed by atoms with E-state index in [2.05, 4.69) is 10.1 Å². The van der Waals surface area contributed by atoms with Gasteiger partial charge in [-0.15, -0.1) is 0 Å². The van der Waals surface area contributed by atoms with Crippen molar-refractivity contribution in [2.45, 2.75) is 0 Å². The monoisotopic (exact) mass is 337 g/mol. The van der Waals surface area contributed by atoms with Gasteiger partial charge in [-0.05, 0) is 24.3 Å². The summed E-state index contributed by atoms with van der Waals surface area (Å²) >= 11 is 5.92. The number of rotatable bonds is 2. The molecule has 0 aliphatic carbocycles. The predicted octanol–water partition coefficient (Wildman–Crippen LogP) is 3.91. The first-order valence-electron chi connectivity index (χ1n) is 7.32. The van der Waals surface area contributed by atoms with E-state index in [4.69, 9.17) is 16.1 Å². The molecular weight excluding hydrogens is 326 g/mol. The zero-order valence-corrected chi connectivity index (χ0v) is 13.5. The molecule has 4 aromatic rings. The third-order valence-electron chi connectivity index (χ3n) is 3.91. The topological polar surface area (TPSA) is 60.9 Å². The van der Waals surface area contributed by atoms with Crippen LogP contribution >= 0.6 is 11.6 Å². The average molecular weight is 338 g/mol. The van der Waals surface area contributed by atoms with Crippen LogP contribution in [0.2, 0.25) is 5.02 Å². The lowest BCUT2D eigenvalue weighted by Gasteiger charge is -2.07. The van der Waals surface area contributed by atoms with Crippen molar-refractivity contribution in [2.75, 3.05) is 0 Å². The minimum Gasteiger partial charge on any atom is -0.355 e. The van der Waals surface area contributed by atoms with Crippen LogP contribution in [0.25, 0.3) is 33.6 Å². The molecule has 3 aromatic heterocycles. The van der Waals surface area contributed by atoms with Gasteiger partial charge < -0.3 is 9.09 Å².